The summed E-state index contributed by atoms with van der Waals surface area (Å²) in [7, 11) is 0. The molecule has 0 radical (unpaired) electrons. The lowest BCUT2D eigenvalue weighted by Gasteiger charge is -2.30. The Kier molecular flexibility index (Phi) is 4.13. The van der Waals surface area contributed by atoms with E-state index in [-0.39, 0.29) is 11.8 Å². The van der Waals surface area contributed by atoms with E-state index < -0.39 is 5.41 Å². The summed E-state index contributed by atoms with van der Waals surface area (Å²) in [5.74, 6) is -0.183. The number of carbonyl (C=O) groups excluding carboxylic acids is 2. The number of hydrogen-bond donors (Lipinski definition) is 1. The summed E-state index contributed by atoms with van der Waals surface area (Å²) in [5, 5.41) is 3.52. The Morgan fingerprint density at radius 3 is 2.50 bits per heavy atom. The van der Waals surface area contributed by atoms with Gasteiger partial charge in [0.25, 0.3) is 0 Å². The highest BCUT2D eigenvalue weighted by Gasteiger charge is 2.58. The Morgan fingerprint density at radius 1 is 1.18 bits per heavy atom. The molecule has 22 heavy (non-hydrogen) atoms. The van der Waals surface area contributed by atoms with Gasteiger partial charge in [-0.05, 0) is 56.7 Å². The fraction of sp³-hybridized carbons (Fsp3) is 0.529. The maximum Gasteiger partial charge on any atom is 0.240 e. The molecule has 1 aromatic rings. The lowest BCUT2D eigenvalue weighted by atomic mass is 10.0. The molecule has 3 rings (SSSR count). The number of likely N-dealkylation sites (tertiary alicyclic amines) is 1. The van der Waals surface area contributed by atoms with Crippen molar-refractivity contribution in [2.24, 2.45) is 5.41 Å². The van der Waals surface area contributed by atoms with E-state index in [0.717, 1.165) is 31.5 Å². The molecule has 1 aromatic carbocycles. The SMILES string of the molecule is Cc1c(Cl)cccc1NC(=O)C1(C(=O)N2CCCCC2)CC1. The van der Waals surface area contributed by atoms with Gasteiger partial charge >= 0.3 is 0 Å². The number of amides is 2. The largest absolute Gasteiger partial charge is 0.342 e. The van der Waals surface area contributed by atoms with Crippen molar-refractivity contribution in [3.63, 3.8) is 0 Å². The molecule has 1 heterocycles. The molecule has 1 aliphatic heterocycles. The zero-order chi connectivity index (χ0) is 15.7. The van der Waals surface area contributed by atoms with E-state index in [2.05, 4.69) is 5.32 Å². The van der Waals surface area contributed by atoms with Gasteiger partial charge in [0.1, 0.15) is 5.41 Å². The number of hydrogen-bond acceptors (Lipinski definition) is 2. The first-order valence-electron chi connectivity index (χ1n) is 7.90. The summed E-state index contributed by atoms with van der Waals surface area (Å²) >= 11 is 6.08. The molecule has 0 spiro atoms. The summed E-state index contributed by atoms with van der Waals surface area (Å²) in [6.45, 7) is 3.43. The maximum atomic E-state index is 12.7. The van der Waals surface area contributed by atoms with Gasteiger partial charge in [0.15, 0.2) is 0 Å². The van der Waals surface area contributed by atoms with Gasteiger partial charge in [-0.25, -0.2) is 0 Å². The van der Waals surface area contributed by atoms with Crippen LogP contribution < -0.4 is 5.32 Å². The van der Waals surface area contributed by atoms with Gasteiger partial charge < -0.3 is 10.2 Å². The third-order valence-electron chi connectivity index (χ3n) is 4.75. The van der Waals surface area contributed by atoms with E-state index in [0.29, 0.717) is 23.6 Å². The third kappa shape index (κ3) is 2.72. The summed E-state index contributed by atoms with van der Waals surface area (Å²) in [6.07, 6.45) is 4.54. The zero-order valence-corrected chi connectivity index (χ0v) is 13.6. The number of carbonyl (C=O) groups is 2. The molecule has 2 aliphatic rings. The molecule has 118 valence electrons. The van der Waals surface area contributed by atoms with Gasteiger partial charge in [-0.15, -0.1) is 0 Å². The van der Waals surface area contributed by atoms with Crippen LogP contribution in [0.15, 0.2) is 18.2 Å². The molecule has 1 saturated carbocycles. The minimum Gasteiger partial charge on any atom is -0.342 e. The second-order valence-electron chi connectivity index (χ2n) is 6.30. The van der Waals surface area contributed by atoms with E-state index in [1.165, 1.54) is 6.42 Å². The van der Waals surface area contributed by atoms with Gasteiger partial charge in [0.2, 0.25) is 11.8 Å². The van der Waals surface area contributed by atoms with E-state index in [9.17, 15) is 9.59 Å². The molecule has 0 bridgehead atoms. The number of piperidine rings is 1. The van der Waals surface area contributed by atoms with Crippen LogP contribution in [0.25, 0.3) is 0 Å². The predicted octanol–water partition coefficient (Wildman–Crippen LogP) is 3.38. The molecule has 2 fully saturated rings. The van der Waals surface area contributed by atoms with Gasteiger partial charge in [0, 0.05) is 23.8 Å². The predicted molar refractivity (Wildman–Crippen MR) is 86.9 cm³/mol. The lowest BCUT2D eigenvalue weighted by molar-refractivity contribution is -0.143. The Hall–Kier alpha value is -1.55. The number of benzene rings is 1. The van der Waals surface area contributed by atoms with Gasteiger partial charge in [0.05, 0.1) is 0 Å². The highest BCUT2D eigenvalue weighted by Crippen LogP contribution is 2.48. The van der Waals surface area contributed by atoms with Crippen molar-refractivity contribution in [3.8, 4) is 0 Å². The molecule has 2 amide bonds. The van der Waals surface area contributed by atoms with Gasteiger partial charge in [-0.1, -0.05) is 17.7 Å². The van der Waals surface area contributed by atoms with Crippen LogP contribution in [0, 0.1) is 12.3 Å². The molecule has 4 nitrogen and oxygen atoms in total. The molecule has 5 heteroatoms. The van der Waals surface area contributed by atoms with Crippen molar-refractivity contribution in [2.75, 3.05) is 18.4 Å². The first-order valence-corrected chi connectivity index (χ1v) is 8.28. The molecule has 1 aliphatic carbocycles. The summed E-state index contributed by atoms with van der Waals surface area (Å²) in [4.78, 5) is 27.2. The minimum absolute atomic E-state index is 0.00406. The lowest BCUT2D eigenvalue weighted by Crippen LogP contribution is -2.45. The first-order chi connectivity index (χ1) is 10.5. The fourth-order valence-electron chi connectivity index (χ4n) is 3.05. The molecule has 1 saturated heterocycles. The van der Waals surface area contributed by atoms with Crippen molar-refractivity contribution < 1.29 is 9.59 Å². The molecule has 0 aromatic heterocycles. The van der Waals surface area contributed by atoms with Gasteiger partial charge in [-0.3, -0.25) is 9.59 Å². The third-order valence-corrected chi connectivity index (χ3v) is 5.16. The van der Waals surface area contributed by atoms with E-state index in [1.807, 2.05) is 17.9 Å². The Morgan fingerprint density at radius 2 is 1.86 bits per heavy atom. The Balaban J connectivity index is 1.73. The van der Waals surface area contributed by atoms with Crippen LogP contribution in [0.5, 0.6) is 0 Å². The molecule has 1 N–H and O–H groups in total. The highest BCUT2D eigenvalue weighted by molar-refractivity contribution is 6.31. The van der Waals surface area contributed by atoms with E-state index in [4.69, 9.17) is 11.6 Å². The molecular weight excluding hydrogens is 300 g/mol. The Bertz CT molecular complexity index is 605. The number of rotatable bonds is 3. The number of anilines is 1. The molecule has 0 unspecified atom stereocenters. The van der Waals surface area contributed by atoms with E-state index in [1.54, 1.807) is 12.1 Å². The van der Waals surface area contributed by atoms with Crippen molar-refractivity contribution in [1.82, 2.24) is 4.90 Å². The first kappa shape index (κ1) is 15.3. The van der Waals surface area contributed by atoms with E-state index >= 15 is 0 Å². The van der Waals surface area contributed by atoms with Crippen LogP contribution in [-0.2, 0) is 9.59 Å². The quantitative estimate of drug-likeness (QED) is 0.868. The molecule has 0 atom stereocenters. The summed E-state index contributed by atoms with van der Waals surface area (Å²) in [6, 6.07) is 5.41. The fourth-order valence-corrected chi connectivity index (χ4v) is 3.22. The van der Waals surface area contributed by atoms with Crippen LogP contribution in [0.4, 0.5) is 5.69 Å². The normalized spacial score (nSPS) is 19.6. The minimum atomic E-state index is -0.841. The van der Waals surface area contributed by atoms with Crippen LogP contribution in [0.1, 0.15) is 37.7 Å². The van der Waals surface area contributed by atoms with Gasteiger partial charge in [-0.2, -0.15) is 0 Å². The van der Waals surface area contributed by atoms with Crippen molar-refractivity contribution in [1.29, 1.82) is 0 Å². The number of nitrogens with one attached hydrogen (secondary N) is 1. The highest BCUT2D eigenvalue weighted by atomic mass is 35.5. The standard InChI is InChI=1S/C17H21ClN2O2/c1-12-13(18)6-5-7-14(12)19-15(21)17(8-9-17)16(22)20-10-3-2-4-11-20/h5-7H,2-4,8-11H2,1H3,(H,19,21). The molecular formula is C17H21ClN2O2. The second-order valence-corrected chi connectivity index (χ2v) is 6.71. The second kappa shape index (κ2) is 5.92. The van der Waals surface area contributed by atoms with Crippen LogP contribution in [0.2, 0.25) is 5.02 Å². The van der Waals surface area contributed by atoms with Crippen molar-refractivity contribution in [3.05, 3.63) is 28.8 Å². The van der Waals surface area contributed by atoms with Crippen LogP contribution in [0.3, 0.4) is 0 Å². The number of nitrogens with zero attached hydrogens (tertiary/aromatic N) is 1. The average Bonchev–Trinajstić information content (AvgIpc) is 3.34. The average molecular weight is 321 g/mol. The summed E-state index contributed by atoms with van der Waals surface area (Å²) < 4.78 is 0. The Labute approximate surface area is 135 Å². The maximum absolute atomic E-state index is 12.7. The smallest absolute Gasteiger partial charge is 0.240 e. The van der Waals surface area contributed by atoms with Crippen molar-refractivity contribution in [2.45, 2.75) is 39.0 Å². The topological polar surface area (TPSA) is 49.4 Å². The summed E-state index contributed by atoms with van der Waals surface area (Å²) in [5.41, 5.74) is 0.681. The number of halogens is 1. The monoisotopic (exact) mass is 320 g/mol. The van der Waals surface area contributed by atoms with Crippen LogP contribution >= 0.6 is 11.6 Å². The zero-order valence-electron chi connectivity index (χ0n) is 12.8. The van der Waals surface area contributed by atoms with Crippen molar-refractivity contribution >= 4 is 29.1 Å². The van der Waals surface area contributed by atoms with Crippen LogP contribution in [-0.4, -0.2) is 29.8 Å².